The molecule has 1 aromatic carbocycles. The van der Waals surface area contributed by atoms with Crippen LogP contribution in [-0.2, 0) is 17.6 Å². The molecule has 0 bridgehead atoms. The maximum absolute atomic E-state index is 12.3. The molecule has 3 nitrogen and oxygen atoms in total. The van der Waals surface area contributed by atoms with Gasteiger partial charge in [-0.2, -0.15) is 0 Å². The van der Waals surface area contributed by atoms with E-state index in [-0.39, 0.29) is 30.3 Å². The van der Waals surface area contributed by atoms with Crippen molar-refractivity contribution in [3.05, 3.63) is 35.4 Å². The highest BCUT2D eigenvalue weighted by atomic mass is 35.5. The minimum Gasteiger partial charge on any atom is -0.342 e. The maximum Gasteiger partial charge on any atom is 0.226 e. The number of benzene rings is 1. The predicted molar refractivity (Wildman–Crippen MR) is 85.1 cm³/mol. The molecule has 1 aliphatic carbocycles. The molecule has 0 saturated heterocycles. The summed E-state index contributed by atoms with van der Waals surface area (Å²) in [5, 5.41) is 0. The Labute approximate surface area is 127 Å². The van der Waals surface area contributed by atoms with Crippen LogP contribution in [0.1, 0.15) is 31.4 Å². The van der Waals surface area contributed by atoms with Gasteiger partial charge in [-0.05, 0) is 37.3 Å². The van der Waals surface area contributed by atoms with Crippen molar-refractivity contribution in [1.29, 1.82) is 0 Å². The van der Waals surface area contributed by atoms with Gasteiger partial charge in [0.05, 0.1) is 5.92 Å². The molecule has 4 heteroatoms. The van der Waals surface area contributed by atoms with Gasteiger partial charge in [0.15, 0.2) is 0 Å². The van der Waals surface area contributed by atoms with Crippen LogP contribution in [0.3, 0.4) is 0 Å². The second-order valence-corrected chi connectivity index (χ2v) is 5.76. The Hall–Kier alpha value is -1.06. The van der Waals surface area contributed by atoms with Crippen LogP contribution in [0.15, 0.2) is 24.3 Å². The zero-order valence-corrected chi connectivity index (χ0v) is 13.3. The van der Waals surface area contributed by atoms with E-state index in [4.69, 9.17) is 5.73 Å². The van der Waals surface area contributed by atoms with Crippen molar-refractivity contribution in [3.63, 3.8) is 0 Å². The Balaban J connectivity index is 0.00000200. The highest BCUT2D eigenvalue weighted by Gasteiger charge is 2.28. The van der Waals surface area contributed by atoms with Gasteiger partial charge in [-0.15, -0.1) is 12.4 Å². The van der Waals surface area contributed by atoms with Gasteiger partial charge < -0.3 is 10.6 Å². The van der Waals surface area contributed by atoms with Crippen molar-refractivity contribution >= 4 is 18.3 Å². The van der Waals surface area contributed by atoms with Crippen LogP contribution in [0, 0.1) is 5.92 Å². The molecule has 0 radical (unpaired) electrons. The fraction of sp³-hybridized carbons (Fsp3) is 0.562. The number of amides is 1. The maximum atomic E-state index is 12.3. The van der Waals surface area contributed by atoms with E-state index >= 15 is 0 Å². The Morgan fingerprint density at radius 3 is 2.50 bits per heavy atom. The van der Waals surface area contributed by atoms with Crippen molar-refractivity contribution in [3.8, 4) is 0 Å². The first-order valence-corrected chi connectivity index (χ1v) is 7.09. The molecule has 1 aliphatic rings. The van der Waals surface area contributed by atoms with Gasteiger partial charge in [0.1, 0.15) is 0 Å². The summed E-state index contributed by atoms with van der Waals surface area (Å²) in [6.07, 6.45) is 3.07. The van der Waals surface area contributed by atoms with E-state index in [2.05, 4.69) is 24.3 Å². The predicted octanol–water partition coefficient (Wildman–Crippen LogP) is 2.41. The van der Waals surface area contributed by atoms with Crippen LogP contribution in [0.5, 0.6) is 0 Å². The van der Waals surface area contributed by atoms with E-state index in [1.54, 1.807) is 0 Å². The summed E-state index contributed by atoms with van der Waals surface area (Å²) < 4.78 is 0. The molecular weight excluding hydrogens is 272 g/mol. The number of aryl methyl sites for hydroxylation is 1. The number of fused-ring (bicyclic) bond motifs is 1. The SMILES string of the molecule is CC(N)C(C)C(=O)N(C)C1CCc2ccccc2C1.Cl. The van der Waals surface area contributed by atoms with E-state index in [1.165, 1.54) is 11.1 Å². The van der Waals surface area contributed by atoms with Gasteiger partial charge in [-0.1, -0.05) is 31.2 Å². The first-order valence-electron chi connectivity index (χ1n) is 7.09. The molecule has 3 atom stereocenters. The number of hydrogen-bond donors (Lipinski definition) is 1. The topological polar surface area (TPSA) is 46.3 Å². The lowest BCUT2D eigenvalue weighted by Gasteiger charge is -2.34. The van der Waals surface area contributed by atoms with E-state index in [0.717, 1.165) is 19.3 Å². The van der Waals surface area contributed by atoms with Crippen molar-refractivity contribution in [2.24, 2.45) is 11.7 Å². The molecule has 1 aromatic rings. The lowest BCUT2D eigenvalue weighted by Crippen LogP contribution is -2.46. The normalized spacial score (nSPS) is 20.3. The zero-order valence-electron chi connectivity index (χ0n) is 12.5. The molecule has 0 spiro atoms. The number of nitrogens with zero attached hydrogens (tertiary/aromatic N) is 1. The molecule has 20 heavy (non-hydrogen) atoms. The number of rotatable bonds is 3. The zero-order chi connectivity index (χ0) is 14.0. The van der Waals surface area contributed by atoms with E-state index in [1.807, 2.05) is 25.8 Å². The Bertz CT molecular complexity index is 462. The number of halogens is 1. The lowest BCUT2D eigenvalue weighted by atomic mass is 9.87. The summed E-state index contributed by atoms with van der Waals surface area (Å²) in [5.41, 5.74) is 8.64. The van der Waals surface area contributed by atoms with Crippen molar-refractivity contribution in [1.82, 2.24) is 4.90 Å². The number of nitrogens with two attached hydrogens (primary N) is 1. The van der Waals surface area contributed by atoms with Crippen LogP contribution in [0.4, 0.5) is 0 Å². The highest BCUT2D eigenvalue weighted by molar-refractivity contribution is 5.85. The van der Waals surface area contributed by atoms with Gasteiger partial charge in [-0.3, -0.25) is 4.79 Å². The third-order valence-corrected chi connectivity index (χ3v) is 4.39. The number of hydrogen-bond acceptors (Lipinski definition) is 2. The van der Waals surface area contributed by atoms with Crippen molar-refractivity contribution in [2.75, 3.05) is 7.05 Å². The quantitative estimate of drug-likeness (QED) is 0.931. The fourth-order valence-electron chi connectivity index (χ4n) is 2.74. The first-order chi connectivity index (χ1) is 9.00. The van der Waals surface area contributed by atoms with Crippen LogP contribution in [-0.4, -0.2) is 29.9 Å². The van der Waals surface area contributed by atoms with Gasteiger partial charge >= 0.3 is 0 Å². The third-order valence-electron chi connectivity index (χ3n) is 4.39. The van der Waals surface area contributed by atoms with Crippen LogP contribution < -0.4 is 5.73 Å². The minimum absolute atomic E-state index is 0. The molecule has 1 amide bonds. The molecule has 2 rings (SSSR count). The Kier molecular flexibility index (Phi) is 6.03. The van der Waals surface area contributed by atoms with Crippen molar-refractivity contribution in [2.45, 2.75) is 45.2 Å². The van der Waals surface area contributed by atoms with Gasteiger partial charge in [0.25, 0.3) is 0 Å². The molecule has 3 unspecified atom stereocenters. The summed E-state index contributed by atoms with van der Waals surface area (Å²) in [6.45, 7) is 3.81. The van der Waals surface area contributed by atoms with Crippen LogP contribution >= 0.6 is 12.4 Å². The lowest BCUT2D eigenvalue weighted by molar-refractivity contribution is -0.136. The summed E-state index contributed by atoms with van der Waals surface area (Å²) in [7, 11) is 1.92. The second-order valence-electron chi connectivity index (χ2n) is 5.76. The molecule has 0 fully saturated rings. The molecule has 2 N–H and O–H groups in total. The largest absolute Gasteiger partial charge is 0.342 e. The van der Waals surface area contributed by atoms with E-state index in [0.29, 0.717) is 6.04 Å². The van der Waals surface area contributed by atoms with Gasteiger partial charge in [0, 0.05) is 19.1 Å². The smallest absolute Gasteiger partial charge is 0.226 e. The van der Waals surface area contributed by atoms with Gasteiger partial charge in [-0.25, -0.2) is 0 Å². The minimum atomic E-state index is -0.109. The molecule has 0 saturated carbocycles. The van der Waals surface area contributed by atoms with Crippen LogP contribution in [0.25, 0.3) is 0 Å². The monoisotopic (exact) mass is 296 g/mol. The van der Waals surface area contributed by atoms with Crippen LogP contribution in [0.2, 0.25) is 0 Å². The first kappa shape index (κ1) is 17.0. The average Bonchev–Trinajstić information content (AvgIpc) is 2.44. The summed E-state index contributed by atoms with van der Waals surface area (Å²) >= 11 is 0. The average molecular weight is 297 g/mol. The molecule has 0 heterocycles. The number of carbonyl (C=O) groups excluding carboxylic acids is 1. The highest BCUT2D eigenvalue weighted by Crippen LogP contribution is 2.24. The summed E-state index contributed by atoms with van der Waals surface area (Å²) in [6, 6.07) is 8.75. The number of likely N-dealkylation sites (N-methyl/N-ethyl adjacent to an activating group) is 1. The second kappa shape index (κ2) is 7.09. The summed E-state index contributed by atoms with van der Waals surface area (Å²) in [5.74, 6) is 0.0570. The van der Waals surface area contributed by atoms with E-state index in [9.17, 15) is 4.79 Å². The molecular formula is C16H25ClN2O. The third kappa shape index (κ3) is 3.53. The van der Waals surface area contributed by atoms with E-state index < -0.39 is 0 Å². The Morgan fingerprint density at radius 1 is 1.30 bits per heavy atom. The number of carbonyl (C=O) groups is 1. The molecule has 112 valence electrons. The Morgan fingerprint density at radius 2 is 1.90 bits per heavy atom. The fourth-order valence-corrected chi connectivity index (χ4v) is 2.74. The standard InChI is InChI=1S/C16H24N2O.ClH/c1-11(12(2)17)16(19)18(3)15-9-8-13-6-4-5-7-14(13)10-15;/h4-7,11-12,15H,8-10,17H2,1-3H3;1H. The van der Waals surface area contributed by atoms with Gasteiger partial charge in [0.2, 0.25) is 5.91 Å². The molecule has 0 aliphatic heterocycles. The summed E-state index contributed by atoms with van der Waals surface area (Å²) in [4.78, 5) is 14.2. The molecule has 0 aromatic heterocycles. The van der Waals surface area contributed by atoms with Crippen molar-refractivity contribution < 1.29 is 4.79 Å².